The number of rotatable bonds is 9. The molecule has 0 aliphatic rings. The van der Waals surface area contributed by atoms with Crippen LogP contribution in [0.3, 0.4) is 0 Å². The molecule has 0 N–H and O–H groups in total. The number of hydrogen-bond acceptors (Lipinski definition) is 4. The van der Waals surface area contributed by atoms with Crippen molar-refractivity contribution in [2.75, 3.05) is 13.2 Å². The van der Waals surface area contributed by atoms with Gasteiger partial charge in [-0.05, 0) is 24.7 Å². The lowest BCUT2D eigenvalue weighted by molar-refractivity contribution is -0.142. The van der Waals surface area contributed by atoms with E-state index in [4.69, 9.17) is 9.47 Å². The highest BCUT2D eigenvalue weighted by atomic mass is 16.5. The SMILES string of the molecule is CCCC/C(=C/C(=O)OCC(C)C)C(=O)OCC(C)C. The van der Waals surface area contributed by atoms with Gasteiger partial charge in [-0.2, -0.15) is 0 Å². The van der Waals surface area contributed by atoms with Crippen LogP contribution in [-0.2, 0) is 19.1 Å². The largest absolute Gasteiger partial charge is 0.462 e. The fraction of sp³-hybridized carbons (Fsp3) is 0.750. The number of unbranched alkanes of at least 4 members (excludes halogenated alkanes) is 1. The van der Waals surface area contributed by atoms with Gasteiger partial charge in [-0.15, -0.1) is 0 Å². The van der Waals surface area contributed by atoms with Gasteiger partial charge in [0.2, 0.25) is 0 Å². The molecule has 0 aromatic carbocycles. The van der Waals surface area contributed by atoms with E-state index in [1.165, 1.54) is 6.08 Å². The van der Waals surface area contributed by atoms with Crippen LogP contribution in [0, 0.1) is 11.8 Å². The van der Waals surface area contributed by atoms with Gasteiger partial charge in [0.05, 0.1) is 13.2 Å². The highest BCUT2D eigenvalue weighted by Gasteiger charge is 2.14. The molecule has 116 valence electrons. The summed E-state index contributed by atoms with van der Waals surface area (Å²) in [4.78, 5) is 23.6. The summed E-state index contributed by atoms with van der Waals surface area (Å²) in [7, 11) is 0. The predicted octanol–water partition coefficient (Wildman–Crippen LogP) is 3.50. The van der Waals surface area contributed by atoms with Crippen LogP contribution < -0.4 is 0 Å². The molecule has 0 saturated heterocycles. The Morgan fingerprint density at radius 1 is 1.00 bits per heavy atom. The second-order valence-electron chi connectivity index (χ2n) is 5.79. The van der Waals surface area contributed by atoms with Gasteiger partial charge in [-0.25, -0.2) is 9.59 Å². The fourth-order valence-corrected chi connectivity index (χ4v) is 1.37. The van der Waals surface area contributed by atoms with Crippen LogP contribution in [0.2, 0.25) is 0 Å². The summed E-state index contributed by atoms with van der Waals surface area (Å²) in [5.74, 6) is -0.321. The highest BCUT2D eigenvalue weighted by Crippen LogP contribution is 2.11. The molecule has 4 nitrogen and oxygen atoms in total. The highest BCUT2D eigenvalue weighted by molar-refractivity contribution is 5.96. The molecule has 0 aliphatic carbocycles. The van der Waals surface area contributed by atoms with Gasteiger partial charge in [0.15, 0.2) is 0 Å². The van der Waals surface area contributed by atoms with Crippen molar-refractivity contribution in [2.24, 2.45) is 11.8 Å². The van der Waals surface area contributed by atoms with Crippen molar-refractivity contribution >= 4 is 11.9 Å². The van der Waals surface area contributed by atoms with Crippen molar-refractivity contribution in [3.63, 3.8) is 0 Å². The molecular formula is C16H28O4. The van der Waals surface area contributed by atoms with Crippen molar-refractivity contribution in [1.82, 2.24) is 0 Å². The molecule has 0 spiro atoms. The number of hydrogen-bond donors (Lipinski definition) is 0. The van der Waals surface area contributed by atoms with Gasteiger partial charge >= 0.3 is 11.9 Å². The third kappa shape index (κ3) is 9.59. The van der Waals surface area contributed by atoms with E-state index in [1.807, 2.05) is 34.6 Å². The molecular weight excluding hydrogens is 256 g/mol. The first-order valence-corrected chi connectivity index (χ1v) is 7.41. The Balaban J connectivity index is 4.59. The molecule has 0 radical (unpaired) electrons. The quantitative estimate of drug-likeness (QED) is 0.480. The molecule has 20 heavy (non-hydrogen) atoms. The molecule has 0 unspecified atom stereocenters. The molecule has 0 heterocycles. The summed E-state index contributed by atoms with van der Waals surface area (Å²) >= 11 is 0. The van der Waals surface area contributed by atoms with Crippen molar-refractivity contribution in [2.45, 2.75) is 53.9 Å². The number of esters is 2. The van der Waals surface area contributed by atoms with Gasteiger partial charge in [0, 0.05) is 11.6 Å². The van der Waals surface area contributed by atoms with Crippen molar-refractivity contribution in [3.05, 3.63) is 11.6 Å². The Kier molecular flexibility index (Phi) is 9.77. The van der Waals surface area contributed by atoms with Crippen molar-refractivity contribution in [1.29, 1.82) is 0 Å². The minimum absolute atomic E-state index is 0.277. The Morgan fingerprint density at radius 2 is 1.55 bits per heavy atom. The number of carbonyl (C=O) groups is 2. The first kappa shape index (κ1) is 18.7. The number of ether oxygens (including phenoxy) is 2. The lowest BCUT2D eigenvalue weighted by Gasteiger charge is -2.10. The molecule has 0 rings (SSSR count). The maximum atomic E-state index is 11.9. The Labute approximate surface area is 122 Å². The summed E-state index contributed by atoms with van der Waals surface area (Å²) in [6.45, 7) is 10.6. The summed E-state index contributed by atoms with van der Waals surface area (Å²) in [6.07, 6.45) is 3.63. The standard InChI is InChI=1S/C16H28O4/c1-6-7-8-14(16(18)20-11-13(4)5)9-15(17)19-10-12(2)3/h9,12-13H,6-8,10-11H2,1-5H3/b14-9-. The topological polar surface area (TPSA) is 52.6 Å². The van der Waals surface area contributed by atoms with E-state index in [0.29, 0.717) is 25.2 Å². The first-order valence-electron chi connectivity index (χ1n) is 7.41. The zero-order chi connectivity index (χ0) is 15.5. The van der Waals surface area contributed by atoms with E-state index >= 15 is 0 Å². The normalized spacial score (nSPS) is 11.8. The minimum atomic E-state index is -0.466. The molecule has 0 fully saturated rings. The van der Waals surface area contributed by atoms with Crippen LogP contribution in [0.5, 0.6) is 0 Å². The van der Waals surface area contributed by atoms with E-state index in [0.717, 1.165) is 12.8 Å². The van der Waals surface area contributed by atoms with E-state index < -0.39 is 11.9 Å². The van der Waals surface area contributed by atoms with E-state index in [-0.39, 0.29) is 11.8 Å². The Hall–Kier alpha value is -1.32. The third-order valence-electron chi connectivity index (χ3n) is 2.46. The summed E-state index contributed by atoms with van der Waals surface area (Å²) < 4.78 is 10.2. The van der Waals surface area contributed by atoms with Crippen LogP contribution in [0.15, 0.2) is 11.6 Å². The van der Waals surface area contributed by atoms with Gasteiger partial charge in [-0.3, -0.25) is 0 Å². The second-order valence-corrected chi connectivity index (χ2v) is 5.79. The van der Waals surface area contributed by atoms with E-state index in [9.17, 15) is 9.59 Å². The Bertz CT molecular complexity index is 329. The van der Waals surface area contributed by atoms with Gasteiger partial charge in [-0.1, -0.05) is 41.0 Å². The van der Waals surface area contributed by atoms with Gasteiger partial charge in [0.25, 0.3) is 0 Å². The van der Waals surface area contributed by atoms with Crippen LogP contribution in [-0.4, -0.2) is 25.2 Å². The second kappa shape index (κ2) is 10.5. The average Bonchev–Trinajstić information content (AvgIpc) is 2.38. The molecule has 4 heteroatoms. The lowest BCUT2D eigenvalue weighted by atomic mass is 10.1. The van der Waals surface area contributed by atoms with Crippen LogP contribution >= 0.6 is 0 Å². The van der Waals surface area contributed by atoms with E-state index in [2.05, 4.69) is 0 Å². The zero-order valence-electron chi connectivity index (χ0n) is 13.4. The third-order valence-corrected chi connectivity index (χ3v) is 2.46. The van der Waals surface area contributed by atoms with Crippen LogP contribution in [0.4, 0.5) is 0 Å². The van der Waals surface area contributed by atoms with Crippen LogP contribution in [0.25, 0.3) is 0 Å². The molecule has 0 aromatic heterocycles. The molecule has 0 bridgehead atoms. The molecule has 0 atom stereocenters. The summed E-state index contributed by atoms with van der Waals surface area (Å²) in [6, 6.07) is 0. The molecule has 0 aromatic rings. The molecule has 0 amide bonds. The fourth-order valence-electron chi connectivity index (χ4n) is 1.37. The van der Waals surface area contributed by atoms with Crippen molar-refractivity contribution < 1.29 is 19.1 Å². The molecule has 0 saturated carbocycles. The maximum Gasteiger partial charge on any atom is 0.334 e. The predicted molar refractivity (Wildman–Crippen MR) is 79.2 cm³/mol. The van der Waals surface area contributed by atoms with Crippen molar-refractivity contribution in [3.8, 4) is 0 Å². The monoisotopic (exact) mass is 284 g/mol. The van der Waals surface area contributed by atoms with Crippen LogP contribution in [0.1, 0.15) is 53.9 Å². The smallest absolute Gasteiger partial charge is 0.334 e. The number of carbonyl (C=O) groups excluding carboxylic acids is 2. The summed E-state index contributed by atoms with van der Waals surface area (Å²) in [5, 5.41) is 0. The minimum Gasteiger partial charge on any atom is -0.462 e. The first-order chi connectivity index (χ1) is 9.36. The maximum absolute atomic E-state index is 11.9. The molecule has 0 aliphatic heterocycles. The zero-order valence-corrected chi connectivity index (χ0v) is 13.4. The van der Waals surface area contributed by atoms with Gasteiger partial charge in [0.1, 0.15) is 0 Å². The lowest BCUT2D eigenvalue weighted by Crippen LogP contribution is -2.15. The average molecular weight is 284 g/mol. The van der Waals surface area contributed by atoms with Gasteiger partial charge < -0.3 is 9.47 Å². The van der Waals surface area contributed by atoms with E-state index in [1.54, 1.807) is 0 Å². The summed E-state index contributed by atoms with van der Waals surface area (Å²) in [5.41, 5.74) is 0.404. The Morgan fingerprint density at radius 3 is 2.05 bits per heavy atom.